The Bertz CT molecular complexity index is 1140. The van der Waals surface area contributed by atoms with Crippen molar-refractivity contribution >= 4 is 5.97 Å². The zero-order valence-corrected chi connectivity index (χ0v) is 18.0. The molecule has 0 heterocycles. The first-order valence-corrected chi connectivity index (χ1v) is 11.3. The summed E-state index contributed by atoms with van der Waals surface area (Å²) in [4.78, 5) is 12.7. The predicted molar refractivity (Wildman–Crippen MR) is 121 cm³/mol. The van der Waals surface area contributed by atoms with Crippen molar-refractivity contribution in [2.45, 2.75) is 51.4 Å². The van der Waals surface area contributed by atoms with Crippen LogP contribution in [-0.2, 0) is 0 Å². The fourth-order valence-corrected chi connectivity index (χ4v) is 5.20. The molecule has 158 valence electrons. The lowest BCUT2D eigenvalue weighted by molar-refractivity contribution is 0.0729. The largest absolute Gasteiger partial charge is 0.423 e. The van der Waals surface area contributed by atoms with E-state index in [1.165, 1.54) is 35.6 Å². The van der Waals surface area contributed by atoms with Crippen LogP contribution < -0.4 is 4.74 Å². The standard InChI is InChI=1S/C28H27FO2/c1-17-7-9-19(10-8-17)20-11-13-25(27(29)15-20)28(30)31-21-12-14-24-23-6-4-3-5-22(23)18(2)26(24)16-21/h3-6,11-19H,7-10H2,1-2H3. The minimum atomic E-state index is -0.649. The minimum absolute atomic E-state index is 0.00948. The Morgan fingerprint density at radius 2 is 1.61 bits per heavy atom. The van der Waals surface area contributed by atoms with E-state index in [2.05, 4.69) is 26.0 Å². The third kappa shape index (κ3) is 3.67. The highest BCUT2D eigenvalue weighted by molar-refractivity contribution is 5.91. The molecule has 1 unspecified atom stereocenters. The first kappa shape index (κ1) is 20.0. The van der Waals surface area contributed by atoms with Crippen LogP contribution in [0.1, 0.15) is 78.4 Å². The summed E-state index contributed by atoms with van der Waals surface area (Å²) in [5.41, 5.74) is 5.78. The lowest BCUT2D eigenvalue weighted by Gasteiger charge is -2.26. The van der Waals surface area contributed by atoms with Gasteiger partial charge in [-0.3, -0.25) is 0 Å². The van der Waals surface area contributed by atoms with E-state index in [-0.39, 0.29) is 11.5 Å². The second kappa shape index (κ2) is 7.96. The predicted octanol–water partition coefficient (Wildman–Crippen LogP) is 7.47. The van der Waals surface area contributed by atoms with Gasteiger partial charge in [-0.25, -0.2) is 9.18 Å². The quantitative estimate of drug-likeness (QED) is 0.328. The average molecular weight is 415 g/mol. The van der Waals surface area contributed by atoms with E-state index in [0.717, 1.165) is 29.9 Å². The summed E-state index contributed by atoms with van der Waals surface area (Å²) in [5, 5.41) is 0. The maximum absolute atomic E-state index is 14.8. The van der Waals surface area contributed by atoms with Gasteiger partial charge in [0.2, 0.25) is 0 Å². The monoisotopic (exact) mass is 414 g/mol. The number of carbonyl (C=O) groups excluding carboxylic acids is 1. The number of carbonyl (C=O) groups is 1. The van der Waals surface area contributed by atoms with Gasteiger partial charge < -0.3 is 4.74 Å². The summed E-state index contributed by atoms with van der Waals surface area (Å²) < 4.78 is 20.4. The molecule has 0 aromatic heterocycles. The Labute approximate surface area is 183 Å². The van der Waals surface area contributed by atoms with E-state index in [9.17, 15) is 9.18 Å². The number of benzene rings is 3. The third-order valence-electron chi connectivity index (χ3n) is 7.12. The van der Waals surface area contributed by atoms with Gasteiger partial charge in [0.05, 0.1) is 5.56 Å². The molecule has 0 radical (unpaired) electrons. The number of fused-ring (bicyclic) bond motifs is 3. The van der Waals surface area contributed by atoms with Crippen LogP contribution in [-0.4, -0.2) is 5.97 Å². The Kier molecular flexibility index (Phi) is 5.13. The maximum atomic E-state index is 14.8. The molecule has 31 heavy (non-hydrogen) atoms. The summed E-state index contributed by atoms with van der Waals surface area (Å²) in [6, 6.07) is 19.0. The Hall–Kier alpha value is -2.94. The van der Waals surface area contributed by atoms with Gasteiger partial charge in [0, 0.05) is 5.92 Å². The third-order valence-corrected chi connectivity index (χ3v) is 7.12. The van der Waals surface area contributed by atoms with Crippen molar-refractivity contribution in [1.29, 1.82) is 0 Å². The highest BCUT2D eigenvalue weighted by Gasteiger charge is 2.26. The van der Waals surface area contributed by atoms with Gasteiger partial charge >= 0.3 is 5.97 Å². The van der Waals surface area contributed by atoms with Crippen molar-refractivity contribution in [1.82, 2.24) is 0 Å². The second-order valence-corrected chi connectivity index (χ2v) is 9.14. The molecule has 3 heteroatoms. The van der Waals surface area contributed by atoms with Gasteiger partial charge in [0.1, 0.15) is 11.6 Å². The van der Waals surface area contributed by atoms with Crippen molar-refractivity contribution in [3.63, 3.8) is 0 Å². The highest BCUT2D eigenvalue weighted by Crippen LogP contribution is 2.45. The zero-order valence-electron chi connectivity index (χ0n) is 18.0. The second-order valence-electron chi connectivity index (χ2n) is 9.14. The minimum Gasteiger partial charge on any atom is -0.423 e. The maximum Gasteiger partial charge on any atom is 0.346 e. The van der Waals surface area contributed by atoms with Gasteiger partial charge in [0.25, 0.3) is 0 Å². The lowest BCUT2D eigenvalue weighted by atomic mass is 9.79. The van der Waals surface area contributed by atoms with E-state index in [1.807, 2.05) is 30.3 Å². The Morgan fingerprint density at radius 3 is 2.39 bits per heavy atom. The number of hydrogen-bond acceptors (Lipinski definition) is 2. The first-order valence-electron chi connectivity index (χ1n) is 11.3. The topological polar surface area (TPSA) is 26.3 Å². The molecule has 3 aromatic rings. The van der Waals surface area contributed by atoms with Crippen LogP contribution in [0.5, 0.6) is 5.75 Å². The number of rotatable bonds is 3. The summed E-state index contributed by atoms with van der Waals surface area (Å²) in [6.45, 7) is 4.43. The van der Waals surface area contributed by atoms with Crippen LogP contribution in [0.2, 0.25) is 0 Å². The summed E-state index contributed by atoms with van der Waals surface area (Å²) >= 11 is 0. The number of halogens is 1. The van der Waals surface area contributed by atoms with Crippen molar-refractivity contribution < 1.29 is 13.9 Å². The van der Waals surface area contributed by atoms with Crippen LogP contribution in [0.15, 0.2) is 60.7 Å². The van der Waals surface area contributed by atoms with Crippen LogP contribution >= 0.6 is 0 Å². The summed E-state index contributed by atoms with van der Waals surface area (Å²) in [7, 11) is 0. The zero-order chi connectivity index (χ0) is 21.5. The van der Waals surface area contributed by atoms with E-state index in [1.54, 1.807) is 12.1 Å². The fraction of sp³-hybridized carbons (Fsp3) is 0.321. The number of esters is 1. The van der Waals surface area contributed by atoms with Crippen LogP contribution in [0.3, 0.4) is 0 Å². The van der Waals surface area contributed by atoms with E-state index < -0.39 is 11.8 Å². The molecule has 1 saturated carbocycles. The molecule has 0 bridgehead atoms. The van der Waals surface area contributed by atoms with Gasteiger partial charge in [-0.2, -0.15) is 0 Å². The first-order chi connectivity index (χ1) is 15.0. The molecule has 1 fully saturated rings. The fourth-order valence-electron chi connectivity index (χ4n) is 5.20. The average Bonchev–Trinajstić information content (AvgIpc) is 3.06. The molecule has 2 nitrogen and oxygen atoms in total. The smallest absolute Gasteiger partial charge is 0.346 e. The van der Waals surface area contributed by atoms with Gasteiger partial charge in [0.15, 0.2) is 0 Å². The molecule has 2 aliphatic carbocycles. The molecular weight excluding hydrogens is 387 g/mol. The van der Waals surface area contributed by atoms with Crippen molar-refractivity contribution in [3.05, 3.63) is 88.7 Å². The molecule has 0 N–H and O–H groups in total. The Morgan fingerprint density at radius 1 is 0.871 bits per heavy atom. The molecule has 1 atom stereocenters. The molecule has 0 amide bonds. The molecule has 3 aromatic carbocycles. The number of hydrogen-bond donors (Lipinski definition) is 0. The SMILES string of the molecule is CC1CCC(c2ccc(C(=O)Oc3ccc4c(c3)C(C)c3ccccc3-4)c(F)c2)CC1. The van der Waals surface area contributed by atoms with Crippen molar-refractivity contribution in [3.8, 4) is 16.9 Å². The van der Waals surface area contributed by atoms with E-state index in [0.29, 0.717) is 11.7 Å². The van der Waals surface area contributed by atoms with Gasteiger partial charge in [-0.05, 0) is 76.8 Å². The van der Waals surface area contributed by atoms with Crippen LogP contribution in [0.4, 0.5) is 4.39 Å². The van der Waals surface area contributed by atoms with Crippen molar-refractivity contribution in [2.24, 2.45) is 5.92 Å². The van der Waals surface area contributed by atoms with Gasteiger partial charge in [-0.15, -0.1) is 0 Å². The normalized spacial score (nSPS) is 22.0. The van der Waals surface area contributed by atoms with Crippen molar-refractivity contribution in [2.75, 3.05) is 0 Å². The summed E-state index contributed by atoms with van der Waals surface area (Å²) in [5.74, 6) is 0.675. The lowest BCUT2D eigenvalue weighted by Crippen LogP contribution is -2.14. The molecule has 5 rings (SSSR count). The molecule has 2 aliphatic rings. The van der Waals surface area contributed by atoms with Gasteiger partial charge in [-0.1, -0.05) is 63.1 Å². The van der Waals surface area contributed by atoms with Crippen LogP contribution in [0.25, 0.3) is 11.1 Å². The molecule has 0 saturated heterocycles. The summed E-state index contributed by atoms with van der Waals surface area (Å²) in [6.07, 6.45) is 4.52. The Balaban J connectivity index is 1.34. The van der Waals surface area contributed by atoms with Crippen LogP contribution in [0, 0.1) is 11.7 Å². The molecule has 0 spiro atoms. The highest BCUT2D eigenvalue weighted by atomic mass is 19.1. The molecule has 0 aliphatic heterocycles. The number of ether oxygens (including phenoxy) is 1. The molecular formula is C28H27FO2. The van der Waals surface area contributed by atoms with E-state index >= 15 is 0 Å². The van der Waals surface area contributed by atoms with E-state index in [4.69, 9.17) is 4.74 Å².